The summed E-state index contributed by atoms with van der Waals surface area (Å²) in [6.45, 7) is 12.0. The molecule has 1 heterocycles. The fraction of sp³-hybridized carbons (Fsp3) is 0.632. The molecule has 0 saturated carbocycles. The SMILES string of the molecule is COc1ccc(OCC[NH+]2CC[NH+]([C@@H](C)C(=O)NC(C)C)CC2)cc1. The zero-order valence-electron chi connectivity index (χ0n) is 15.9. The molecule has 1 fully saturated rings. The maximum absolute atomic E-state index is 12.1. The summed E-state index contributed by atoms with van der Waals surface area (Å²) >= 11 is 0. The summed E-state index contributed by atoms with van der Waals surface area (Å²) in [5, 5.41) is 3.02. The lowest BCUT2D eigenvalue weighted by Gasteiger charge is -2.32. The van der Waals surface area contributed by atoms with Crippen molar-refractivity contribution in [3.05, 3.63) is 24.3 Å². The Bertz CT molecular complexity index is 525. The molecule has 25 heavy (non-hydrogen) atoms. The molecule has 1 atom stereocenters. The summed E-state index contributed by atoms with van der Waals surface area (Å²) < 4.78 is 11.0. The first-order valence-corrected chi connectivity index (χ1v) is 9.25. The number of carbonyl (C=O) groups is 1. The Kier molecular flexibility index (Phi) is 7.52. The second-order valence-electron chi connectivity index (χ2n) is 7.07. The van der Waals surface area contributed by atoms with Gasteiger partial charge in [-0.2, -0.15) is 0 Å². The van der Waals surface area contributed by atoms with Crippen LogP contribution in [-0.4, -0.2) is 64.4 Å². The van der Waals surface area contributed by atoms with E-state index in [1.54, 1.807) is 12.0 Å². The van der Waals surface area contributed by atoms with Gasteiger partial charge in [0.15, 0.2) is 6.04 Å². The summed E-state index contributed by atoms with van der Waals surface area (Å²) in [4.78, 5) is 15.1. The van der Waals surface area contributed by atoms with Gasteiger partial charge in [0.1, 0.15) is 50.8 Å². The molecule has 140 valence electrons. The number of piperazine rings is 1. The number of benzene rings is 1. The molecule has 6 nitrogen and oxygen atoms in total. The highest BCUT2D eigenvalue weighted by Crippen LogP contribution is 2.16. The van der Waals surface area contributed by atoms with Gasteiger partial charge in [0.2, 0.25) is 0 Å². The molecular formula is C19H33N3O3+2. The topological polar surface area (TPSA) is 56.4 Å². The van der Waals surface area contributed by atoms with Crippen LogP contribution in [0.4, 0.5) is 0 Å². The molecule has 0 radical (unpaired) electrons. The van der Waals surface area contributed by atoms with E-state index in [1.807, 2.05) is 45.0 Å². The largest absolute Gasteiger partial charge is 0.497 e. The van der Waals surface area contributed by atoms with E-state index in [0.717, 1.165) is 44.2 Å². The van der Waals surface area contributed by atoms with Gasteiger partial charge in [-0.3, -0.25) is 4.79 Å². The van der Waals surface area contributed by atoms with E-state index in [9.17, 15) is 4.79 Å². The van der Waals surface area contributed by atoms with Crippen molar-refractivity contribution in [3.8, 4) is 11.5 Å². The first kappa shape index (κ1) is 19.5. The van der Waals surface area contributed by atoms with Crippen LogP contribution in [0.3, 0.4) is 0 Å². The van der Waals surface area contributed by atoms with Gasteiger partial charge in [-0.1, -0.05) is 0 Å². The molecule has 3 N–H and O–H groups in total. The molecule has 1 aliphatic heterocycles. The fourth-order valence-electron chi connectivity index (χ4n) is 3.19. The van der Waals surface area contributed by atoms with Crippen LogP contribution in [0.25, 0.3) is 0 Å². The number of quaternary nitrogens is 2. The van der Waals surface area contributed by atoms with Crippen molar-refractivity contribution in [1.29, 1.82) is 0 Å². The molecule has 1 aromatic carbocycles. The van der Waals surface area contributed by atoms with Crippen molar-refractivity contribution < 1.29 is 24.1 Å². The smallest absolute Gasteiger partial charge is 0.278 e. The fourth-order valence-corrected chi connectivity index (χ4v) is 3.19. The molecular weight excluding hydrogens is 318 g/mol. The average Bonchev–Trinajstić information content (AvgIpc) is 2.61. The maximum Gasteiger partial charge on any atom is 0.278 e. The molecule has 1 amide bonds. The lowest BCUT2D eigenvalue weighted by molar-refractivity contribution is -1.02. The number of nitrogens with one attached hydrogen (secondary N) is 3. The van der Waals surface area contributed by atoms with Crippen molar-refractivity contribution in [3.63, 3.8) is 0 Å². The summed E-state index contributed by atoms with van der Waals surface area (Å²) in [6.07, 6.45) is 0. The number of hydrogen-bond donors (Lipinski definition) is 3. The third kappa shape index (κ3) is 6.21. The van der Waals surface area contributed by atoms with Crippen LogP contribution < -0.4 is 24.6 Å². The number of hydrogen-bond acceptors (Lipinski definition) is 3. The third-order valence-corrected chi connectivity index (χ3v) is 4.82. The van der Waals surface area contributed by atoms with E-state index in [0.29, 0.717) is 6.61 Å². The van der Waals surface area contributed by atoms with Crippen molar-refractivity contribution >= 4 is 5.91 Å². The zero-order chi connectivity index (χ0) is 18.2. The third-order valence-electron chi connectivity index (χ3n) is 4.82. The predicted octanol–water partition coefficient (Wildman–Crippen LogP) is -1.23. The van der Waals surface area contributed by atoms with Crippen LogP contribution >= 0.6 is 0 Å². The van der Waals surface area contributed by atoms with E-state index in [4.69, 9.17) is 9.47 Å². The molecule has 0 aromatic heterocycles. The van der Waals surface area contributed by atoms with Crippen molar-refractivity contribution in [2.75, 3.05) is 46.4 Å². The van der Waals surface area contributed by atoms with Crippen LogP contribution in [0.15, 0.2) is 24.3 Å². The molecule has 0 aliphatic carbocycles. The van der Waals surface area contributed by atoms with Crippen molar-refractivity contribution in [2.24, 2.45) is 0 Å². The number of rotatable bonds is 8. The molecule has 0 spiro atoms. The minimum absolute atomic E-state index is 0.0273. The van der Waals surface area contributed by atoms with Crippen LogP contribution in [0.2, 0.25) is 0 Å². The average molecular weight is 351 g/mol. The zero-order valence-corrected chi connectivity index (χ0v) is 15.9. The van der Waals surface area contributed by atoms with Gasteiger partial charge in [0.25, 0.3) is 5.91 Å². The minimum atomic E-state index is 0.0273. The first-order valence-electron chi connectivity index (χ1n) is 9.25. The highest BCUT2D eigenvalue weighted by molar-refractivity contribution is 5.80. The van der Waals surface area contributed by atoms with Gasteiger partial charge in [-0.25, -0.2) is 0 Å². The van der Waals surface area contributed by atoms with Gasteiger partial charge in [0.05, 0.1) is 7.11 Å². The van der Waals surface area contributed by atoms with E-state index < -0.39 is 0 Å². The summed E-state index contributed by atoms with van der Waals surface area (Å²) in [7, 11) is 1.66. The van der Waals surface area contributed by atoms with Crippen LogP contribution in [0.1, 0.15) is 20.8 Å². The van der Waals surface area contributed by atoms with Gasteiger partial charge >= 0.3 is 0 Å². The molecule has 2 rings (SSSR count). The van der Waals surface area contributed by atoms with Crippen LogP contribution in [0, 0.1) is 0 Å². The molecule has 1 aromatic rings. The first-order chi connectivity index (χ1) is 12.0. The quantitative estimate of drug-likeness (QED) is 0.550. The van der Waals surface area contributed by atoms with Gasteiger partial charge in [-0.05, 0) is 45.0 Å². The number of methoxy groups -OCH3 is 1. The molecule has 0 unspecified atom stereocenters. The normalized spacial score (nSPS) is 21.6. The van der Waals surface area contributed by atoms with E-state index >= 15 is 0 Å². The predicted molar refractivity (Wildman–Crippen MR) is 97.5 cm³/mol. The Balaban J connectivity index is 1.67. The van der Waals surface area contributed by atoms with Gasteiger partial charge in [-0.15, -0.1) is 0 Å². The summed E-state index contributed by atoms with van der Waals surface area (Å²) in [6, 6.07) is 7.93. The van der Waals surface area contributed by atoms with E-state index in [1.165, 1.54) is 4.90 Å². The Morgan fingerprint density at radius 2 is 1.68 bits per heavy atom. The minimum Gasteiger partial charge on any atom is -0.497 e. The van der Waals surface area contributed by atoms with Crippen molar-refractivity contribution in [2.45, 2.75) is 32.9 Å². The summed E-state index contributed by atoms with van der Waals surface area (Å²) in [5.74, 6) is 1.88. The standard InChI is InChI=1S/C19H31N3O3/c1-15(2)20-19(23)16(3)22-11-9-21(10-12-22)13-14-25-18-7-5-17(24-4)6-8-18/h5-8,15-16H,9-14H2,1-4H3,(H,20,23)/p+2/t16-/m0/s1. The highest BCUT2D eigenvalue weighted by atomic mass is 16.5. The van der Waals surface area contributed by atoms with Crippen LogP contribution in [-0.2, 0) is 4.79 Å². The maximum atomic E-state index is 12.1. The number of ether oxygens (including phenoxy) is 2. The second kappa shape index (κ2) is 9.63. The molecule has 6 heteroatoms. The Labute approximate surface area is 151 Å². The Hall–Kier alpha value is -1.79. The van der Waals surface area contributed by atoms with E-state index in [2.05, 4.69) is 5.32 Å². The monoisotopic (exact) mass is 351 g/mol. The van der Waals surface area contributed by atoms with Gasteiger partial charge < -0.3 is 24.6 Å². The molecule has 1 saturated heterocycles. The lowest BCUT2D eigenvalue weighted by Crippen LogP contribution is -3.30. The molecule has 0 bridgehead atoms. The number of carbonyl (C=O) groups excluding carboxylic acids is 1. The van der Waals surface area contributed by atoms with E-state index in [-0.39, 0.29) is 18.0 Å². The second-order valence-corrected chi connectivity index (χ2v) is 7.07. The summed E-state index contributed by atoms with van der Waals surface area (Å²) in [5.41, 5.74) is 0. The Morgan fingerprint density at radius 1 is 1.08 bits per heavy atom. The highest BCUT2D eigenvalue weighted by Gasteiger charge is 2.30. The Morgan fingerprint density at radius 3 is 2.24 bits per heavy atom. The van der Waals surface area contributed by atoms with Crippen LogP contribution in [0.5, 0.6) is 11.5 Å². The lowest BCUT2D eigenvalue weighted by atomic mass is 10.2. The van der Waals surface area contributed by atoms with Gasteiger partial charge in [0, 0.05) is 6.04 Å². The molecule has 1 aliphatic rings. The van der Waals surface area contributed by atoms with Crippen molar-refractivity contribution in [1.82, 2.24) is 5.32 Å². The number of amides is 1.